The van der Waals surface area contributed by atoms with Crippen molar-refractivity contribution in [3.8, 4) is 0 Å². The highest BCUT2D eigenvalue weighted by atomic mass is 16.1. The zero-order valence-corrected chi connectivity index (χ0v) is 11.0. The van der Waals surface area contributed by atoms with Gasteiger partial charge in [0.15, 0.2) is 0 Å². The number of carbonyl (C=O) groups is 1. The molecule has 2 saturated heterocycles. The molecule has 98 valence electrons. The van der Waals surface area contributed by atoms with Crippen LogP contribution in [0.4, 0.5) is 0 Å². The molecule has 2 fully saturated rings. The Hall–Kier alpha value is -0.450. The lowest BCUT2D eigenvalue weighted by Crippen LogP contribution is -2.51. The molecule has 0 atom stereocenters. The van der Waals surface area contributed by atoms with Crippen LogP contribution < -0.4 is 0 Å². The highest BCUT2D eigenvalue weighted by molar-refractivity contribution is 5.53. The standard InChI is InChI=1S/C13H25N3O/c1-2-14-7-9-16(10-8-14)12-15-5-3-13(11-17)4-6-15/h11,13H,2-10,12H2,1H3. The van der Waals surface area contributed by atoms with Crippen molar-refractivity contribution in [3.05, 3.63) is 0 Å². The molecule has 2 aliphatic heterocycles. The second-order valence-corrected chi connectivity index (χ2v) is 5.29. The summed E-state index contributed by atoms with van der Waals surface area (Å²) in [5.74, 6) is 0.322. The fourth-order valence-electron chi connectivity index (χ4n) is 2.76. The Labute approximate surface area is 105 Å². The van der Waals surface area contributed by atoms with Gasteiger partial charge in [-0.1, -0.05) is 6.92 Å². The lowest BCUT2D eigenvalue weighted by Gasteiger charge is -2.38. The minimum absolute atomic E-state index is 0.322. The smallest absolute Gasteiger partial charge is 0.123 e. The number of carbonyl (C=O) groups excluding carboxylic acids is 1. The quantitative estimate of drug-likeness (QED) is 0.667. The van der Waals surface area contributed by atoms with Crippen LogP contribution in [0.25, 0.3) is 0 Å². The Morgan fingerprint density at radius 3 is 2.00 bits per heavy atom. The molecule has 0 amide bonds. The van der Waals surface area contributed by atoms with Crippen molar-refractivity contribution in [2.75, 3.05) is 52.5 Å². The van der Waals surface area contributed by atoms with E-state index < -0.39 is 0 Å². The van der Waals surface area contributed by atoms with Gasteiger partial charge in [0.25, 0.3) is 0 Å². The Morgan fingerprint density at radius 1 is 0.941 bits per heavy atom. The van der Waals surface area contributed by atoms with Gasteiger partial charge >= 0.3 is 0 Å². The first kappa shape index (κ1) is 13.0. The van der Waals surface area contributed by atoms with Gasteiger partial charge < -0.3 is 9.69 Å². The topological polar surface area (TPSA) is 26.8 Å². The van der Waals surface area contributed by atoms with Crippen molar-refractivity contribution in [1.29, 1.82) is 0 Å². The SMILES string of the molecule is CCN1CCN(CN2CCC(C=O)CC2)CC1. The molecule has 0 saturated carbocycles. The van der Waals surface area contributed by atoms with Crippen LogP contribution in [0.15, 0.2) is 0 Å². The molecule has 0 aliphatic carbocycles. The number of rotatable bonds is 4. The second-order valence-electron chi connectivity index (χ2n) is 5.29. The summed E-state index contributed by atoms with van der Waals surface area (Å²) in [6.07, 6.45) is 3.24. The summed E-state index contributed by atoms with van der Waals surface area (Å²) in [5, 5.41) is 0. The monoisotopic (exact) mass is 239 g/mol. The van der Waals surface area contributed by atoms with Crippen molar-refractivity contribution >= 4 is 6.29 Å². The third-order valence-corrected chi connectivity index (χ3v) is 4.14. The van der Waals surface area contributed by atoms with Crippen molar-refractivity contribution in [1.82, 2.24) is 14.7 Å². The molecule has 4 heteroatoms. The molecule has 0 bridgehead atoms. The van der Waals surface area contributed by atoms with Crippen LogP contribution in [-0.4, -0.2) is 73.5 Å². The molecule has 0 N–H and O–H groups in total. The maximum atomic E-state index is 10.7. The molecular formula is C13H25N3O. The summed E-state index contributed by atoms with van der Waals surface area (Å²) >= 11 is 0. The van der Waals surface area contributed by atoms with Gasteiger partial charge in [-0.2, -0.15) is 0 Å². The number of piperidine rings is 1. The summed E-state index contributed by atoms with van der Waals surface area (Å²) in [6, 6.07) is 0. The van der Waals surface area contributed by atoms with E-state index in [4.69, 9.17) is 0 Å². The van der Waals surface area contributed by atoms with E-state index in [9.17, 15) is 4.79 Å². The number of aldehydes is 1. The Morgan fingerprint density at radius 2 is 1.47 bits per heavy atom. The molecule has 0 radical (unpaired) electrons. The zero-order chi connectivity index (χ0) is 12.1. The van der Waals surface area contributed by atoms with Crippen LogP contribution in [0.5, 0.6) is 0 Å². The molecule has 0 aromatic carbocycles. The summed E-state index contributed by atoms with van der Waals surface area (Å²) in [7, 11) is 0. The maximum absolute atomic E-state index is 10.7. The fraction of sp³-hybridized carbons (Fsp3) is 0.923. The van der Waals surface area contributed by atoms with Crippen LogP contribution >= 0.6 is 0 Å². The van der Waals surface area contributed by atoms with E-state index in [-0.39, 0.29) is 0 Å². The van der Waals surface area contributed by atoms with Crippen LogP contribution in [0.3, 0.4) is 0 Å². The van der Waals surface area contributed by atoms with E-state index in [0.29, 0.717) is 5.92 Å². The number of hydrogen-bond donors (Lipinski definition) is 0. The van der Waals surface area contributed by atoms with Gasteiger partial charge in [-0.3, -0.25) is 9.80 Å². The van der Waals surface area contributed by atoms with Crippen LogP contribution in [-0.2, 0) is 4.79 Å². The third kappa shape index (κ3) is 3.76. The lowest BCUT2D eigenvalue weighted by atomic mass is 9.99. The van der Waals surface area contributed by atoms with E-state index in [0.717, 1.165) is 38.9 Å². The molecule has 0 spiro atoms. The number of likely N-dealkylation sites (tertiary alicyclic amines) is 1. The van der Waals surface area contributed by atoms with Crippen molar-refractivity contribution in [3.63, 3.8) is 0 Å². The van der Waals surface area contributed by atoms with Gasteiger partial charge in [-0.25, -0.2) is 0 Å². The number of nitrogens with zero attached hydrogens (tertiary/aromatic N) is 3. The molecule has 17 heavy (non-hydrogen) atoms. The Kier molecular flexibility index (Phi) is 4.95. The second kappa shape index (κ2) is 6.47. The van der Waals surface area contributed by atoms with Crippen molar-refractivity contribution < 1.29 is 4.79 Å². The highest BCUT2D eigenvalue weighted by Crippen LogP contribution is 2.15. The lowest BCUT2D eigenvalue weighted by molar-refractivity contribution is -0.112. The van der Waals surface area contributed by atoms with Gasteiger partial charge in [0, 0.05) is 45.2 Å². The molecule has 0 aromatic rings. The largest absolute Gasteiger partial charge is 0.303 e. The highest BCUT2D eigenvalue weighted by Gasteiger charge is 2.22. The number of piperazine rings is 1. The van der Waals surface area contributed by atoms with E-state index in [1.54, 1.807) is 0 Å². The van der Waals surface area contributed by atoms with Gasteiger partial charge in [0.1, 0.15) is 6.29 Å². The van der Waals surface area contributed by atoms with Crippen LogP contribution in [0, 0.1) is 5.92 Å². The first-order chi connectivity index (χ1) is 8.31. The molecule has 0 aromatic heterocycles. The van der Waals surface area contributed by atoms with Crippen LogP contribution in [0.2, 0.25) is 0 Å². The molecule has 2 heterocycles. The first-order valence-electron chi connectivity index (χ1n) is 6.94. The molecule has 2 rings (SSSR count). The van der Waals surface area contributed by atoms with E-state index in [2.05, 4.69) is 21.6 Å². The molecular weight excluding hydrogens is 214 g/mol. The maximum Gasteiger partial charge on any atom is 0.123 e. The van der Waals surface area contributed by atoms with Gasteiger partial charge in [-0.15, -0.1) is 0 Å². The minimum Gasteiger partial charge on any atom is -0.303 e. The van der Waals surface area contributed by atoms with E-state index >= 15 is 0 Å². The number of hydrogen-bond acceptors (Lipinski definition) is 4. The first-order valence-corrected chi connectivity index (χ1v) is 6.94. The fourth-order valence-corrected chi connectivity index (χ4v) is 2.76. The summed E-state index contributed by atoms with van der Waals surface area (Å²) in [4.78, 5) is 18.3. The predicted molar refractivity (Wildman–Crippen MR) is 68.9 cm³/mol. The van der Waals surface area contributed by atoms with Gasteiger partial charge in [-0.05, 0) is 19.4 Å². The third-order valence-electron chi connectivity index (χ3n) is 4.14. The normalized spacial score (nSPS) is 26.2. The summed E-state index contributed by atoms with van der Waals surface area (Å²) in [5.41, 5.74) is 0. The van der Waals surface area contributed by atoms with Gasteiger partial charge in [0.05, 0.1) is 6.67 Å². The van der Waals surface area contributed by atoms with E-state index in [1.807, 2.05) is 0 Å². The molecule has 4 nitrogen and oxygen atoms in total. The Bertz CT molecular complexity index is 231. The predicted octanol–water partition coefficient (Wildman–Crippen LogP) is 0.492. The van der Waals surface area contributed by atoms with Crippen LogP contribution in [0.1, 0.15) is 19.8 Å². The van der Waals surface area contributed by atoms with Crippen molar-refractivity contribution in [2.45, 2.75) is 19.8 Å². The molecule has 2 aliphatic rings. The van der Waals surface area contributed by atoms with E-state index in [1.165, 1.54) is 32.7 Å². The molecule has 0 unspecified atom stereocenters. The zero-order valence-electron chi connectivity index (χ0n) is 11.0. The summed E-state index contributed by atoms with van der Waals surface area (Å²) in [6.45, 7) is 11.5. The number of likely N-dealkylation sites (N-methyl/N-ethyl adjacent to an activating group) is 1. The average Bonchev–Trinajstić information content (AvgIpc) is 2.40. The summed E-state index contributed by atoms with van der Waals surface area (Å²) < 4.78 is 0. The Balaban J connectivity index is 1.67. The van der Waals surface area contributed by atoms with Gasteiger partial charge in [0.2, 0.25) is 0 Å². The minimum atomic E-state index is 0.322. The average molecular weight is 239 g/mol. The van der Waals surface area contributed by atoms with Crippen molar-refractivity contribution in [2.24, 2.45) is 5.92 Å².